The molecule has 2 aromatic carbocycles. The molecule has 0 bridgehead atoms. The van der Waals surface area contributed by atoms with Crippen molar-refractivity contribution < 1.29 is 14.3 Å². The van der Waals surface area contributed by atoms with Gasteiger partial charge < -0.3 is 14.3 Å². The molecule has 0 atom stereocenters. The summed E-state index contributed by atoms with van der Waals surface area (Å²) in [5.41, 5.74) is 1.81. The Hall–Kier alpha value is -2.59. The van der Waals surface area contributed by atoms with Crippen molar-refractivity contribution in [3.8, 4) is 17.1 Å². The smallest absolute Gasteiger partial charge is 0.136 e. The summed E-state index contributed by atoms with van der Waals surface area (Å²) in [4.78, 5) is 4.76. The van der Waals surface area contributed by atoms with Crippen molar-refractivity contribution in [3.05, 3.63) is 60.0 Å². The average Bonchev–Trinajstić information content (AvgIpc) is 2.67. The standard InChI is InChI=1S/C21H23NO3/c1-24-17-11-9-16(10-12-17)21-15-19(22-13-5-2-6-14-23)18-7-3-4-8-20(18)25-21/h3-4,7-12,15,23H,2,5-6,13-14H2,1H3. The molecule has 0 saturated heterocycles. The third-order valence-electron chi connectivity index (χ3n) is 4.12. The van der Waals surface area contributed by atoms with E-state index in [1.807, 2.05) is 54.6 Å². The SMILES string of the molecule is COc1ccc(-c2cc(=NCCCCCO)c3ccccc3o2)cc1. The number of para-hydroxylation sites is 1. The average molecular weight is 337 g/mol. The zero-order valence-corrected chi connectivity index (χ0v) is 14.4. The van der Waals surface area contributed by atoms with Gasteiger partial charge in [-0.1, -0.05) is 12.1 Å². The molecule has 0 radical (unpaired) electrons. The lowest BCUT2D eigenvalue weighted by molar-refractivity contribution is 0.283. The van der Waals surface area contributed by atoms with Gasteiger partial charge in [0.25, 0.3) is 0 Å². The lowest BCUT2D eigenvalue weighted by Crippen LogP contribution is -2.05. The molecule has 130 valence electrons. The molecule has 0 spiro atoms. The number of aliphatic hydroxyl groups is 1. The molecular weight excluding hydrogens is 314 g/mol. The van der Waals surface area contributed by atoms with Crippen LogP contribution in [0.1, 0.15) is 19.3 Å². The molecule has 0 unspecified atom stereocenters. The van der Waals surface area contributed by atoms with Crippen LogP contribution in [0.4, 0.5) is 0 Å². The van der Waals surface area contributed by atoms with Crippen molar-refractivity contribution in [2.75, 3.05) is 20.3 Å². The van der Waals surface area contributed by atoms with Gasteiger partial charge in [0, 0.05) is 30.2 Å². The molecule has 4 nitrogen and oxygen atoms in total. The third-order valence-corrected chi connectivity index (χ3v) is 4.12. The highest BCUT2D eigenvalue weighted by Gasteiger charge is 2.06. The zero-order chi connectivity index (χ0) is 17.5. The molecule has 0 amide bonds. The van der Waals surface area contributed by atoms with Gasteiger partial charge in [0.05, 0.1) is 12.5 Å². The van der Waals surface area contributed by atoms with E-state index in [-0.39, 0.29) is 6.61 Å². The van der Waals surface area contributed by atoms with Crippen molar-refractivity contribution >= 4 is 11.0 Å². The van der Waals surface area contributed by atoms with Gasteiger partial charge in [-0.15, -0.1) is 0 Å². The Morgan fingerprint density at radius 3 is 2.56 bits per heavy atom. The molecule has 0 saturated carbocycles. The quantitative estimate of drug-likeness (QED) is 0.658. The Labute approximate surface area is 147 Å². The molecule has 0 aliphatic rings. The number of aliphatic hydroxyl groups excluding tert-OH is 1. The number of hydrogen-bond acceptors (Lipinski definition) is 4. The van der Waals surface area contributed by atoms with Gasteiger partial charge in [0.15, 0.2) is 0 Å². The second-order valence-electron chi connectivity index (χ2n) is 5.89. The van der Waals surface area contributed by atoms with Crippen LogP contribution >= 0.6 is 0 Å². The van der Waals surface area contributed by atoms with E-state index in [4.69, 9.17) is 19.3 Å². The number of fused-ring (bicyclic) bond motifs is 1. The van der Waals surface area contributed by atoms with Crippen molar-refractivity contribution in [1.29, 1.82) is 0 Å². The van der Waals surface area contributed by atoms with Crippen molar-refractivity contribution in [2.45, 2.75) is 19.3 Å². The summed E-state index contributed by atoms with van der Waals surface area (Å²) in [7, 11) is 1.66. The number of benzene rings is 2. The van der Waals surface area contributed by atoms with E-state index in [9.17, 15) is 0 Å². The van der Waals surface area contributed by atoms with Crippen LogP contribution in [-0.4, -0.2) is 25.4 Å². The fourth-order valence-electron chi connectivity index (χ4n) is 2.75. The van der Waals surface area contributed by atoms with E-state index in [1.54, 1.807) is 7.11 Å². The van der Waals surface area contributed by atoms with Crippen LogP contribution in [0.15, 0.2) is 64.0 Å². The second-order valence-corrected chi connectivity index (χ2v) is 5.89. The summed E-state index contributed by atoms with van der Waals surface area (Å²) in [6, 6.07) is 17.8. The van der Waals surface area contributed by atoms with E-state index >= 15 is 0 Å². The fraction of sp³-hybridized carbons (Fsp3) is 0.286. The first kappa shape index (κ1) is 17.2. The van der Waals surface area contributed by atoms with Crippen LogP contribution in [0.5, 0.6) is 5.75 Å². The summed E-state index contributed by atoms with van der Waals surface area (Å²) in [5, 5.41) is 10.8. The van der Waals surface area contributed by atoms with Crippen molar-refractivity contribution in [2.24, 2.45) is 4.99 Å². The Kier molecular flexibility index (Phi) is 5.86. The molecule has 1 N–H and O–H groups in total. The molecule has 0 fully saturated rings. The number of hydrogen-bond donors (Lipinski definition) is 1. The Morgan fingerprint density at radius 1 is 1.00 bits per heavy atom. The van der Waals surface area contributed by atoms with Crippen LogP contribution in [0, 0.1) is 0 Å². The maximum atomic E-state index is 8.87. The maximum Gasteiger partial charge on any atom is 0.136 e. The predicted molar refractivity (Wildman–Crippen MR) is 99.6 cm³/mol. The molecule has 1 heterocycles. The minimum atomic E-state index is 0.245. The van der Waals surface area contributed by atoms with Crippen molar-refractivity contribution in [1.82, 2.24) is 0 Å². The van der Waals surface area contributed by atoms with Crippen LogP contribution in [0.3, 0.4) is 0 Å². The number of ether oxygens (including phenoxy) is 1. The number of methoxy groups -OCH3 is 1. The molecule has 0 aliphatic carbocycles. The Bertz CT molecular complexity index is 882. The highest BCUT2D eigenvalue weighted by atomic mass is 16.5. The third kappa shape index (κ3) is 4.28. The topological polar surface area (TPSA) is 55.0 Å². The first-order valence-electron chi connectivity index (χ1n) is 8.60. The van der Waals surface area contributed by atoms with Gasteiger partial charge >= 0.3 is 0 Å². The molecule has 25 heavy (non-hydrogen) atoms. The van der Waals surface area contributed by atoms with Crippen LogP contribution in [-0.2, 0) is 0 Å². The maximum absolute atomic E-state index is 8.87. The van der Waals surface area contributed by atoms with Gasteiger partial charge in [-0.3, -0.25) is 4.99 Å². The normalized spacial score (nSPS) is 11.8. The highest BCUT2D eigenvalue weighted by Crippen LogP contribution is 2.24. The lowest BCUT2D eigenvalue weighted by Gasteiger charge is -2.06. The molecule has 3 aromatic rings. The van der Waals surface area contributed by atoms with Gasteiger partial charge in [0.2, 0.25) is 0 Å². The largest absolute Gasteiger partial charge is 0.497 e. The van der Waals surface area contributed by atoms with Gasteiger partial charge in [0.1, 0.15) is 17.1 Å². The van der Waals surface area contributed by atoms with E-state index in [0.29, 0.717) is 0 Å². The lowest BCUT2D eigenvalue weighted by atomic mass is 10.1. The Balaban J connectivity index is 1.98. The second kappa shape index (κ2) is 8.49. The minimum Gasteiger partial charge on any atom is -0.497 e. The molecule has 0 aliphatic heterocycles. The zero-order valence-electron chi connectivity index (χ0n) is 14.4. The van der Waals surface area contributed by atoms with Gasteiger partial charge in [-0.2, -0.15) is 0 Å². The summed E-state index contributed by atoms with van der Waals surface area (Å²) in [6.07, 6.45) is 2.79. The Morgan fingerprint density at radius 2 is 1.80 bits per heavy atom. The monoisotopic (exact) mass is 337 g/mol. The fourth-order valence-corrected chi connectivity index (χ4v) is 2.75. The van der Waals surface area contributed by atoms with E-state index in [2.05, 4.69) is 0 Å². The molecule has 4 heteroatoms. The molecule has 1 aromatic heterocycles. The first-order valence-corrected chi connectivity index (χ1v) is 8.60. The molecular formula is C21H23NO3. The number of rotatable bonds is 7. The summed E-state index contributed by atoms with van der Waals surface area (Å²) in [6.45, 7) is 0.991. The number of unbranched alkanes of at least 4 members (excludes halogenated alkanes) is 2. The number of nitrogens with zero attached hydrogens (tertiary/aromatic N) is 1. The first-order chi connectivity index (χ1) is 12.3. The molecule has 3 rings (SSSR count). The highest BCUT2D eigenvalue weighted by molar-refractivity contribution is 5.78. The summed E-state index contributed by atoms with van der Waals surface area (Å²) >= 11 is 0. The van der Waals surface area contributed by atoms with Gasteiger partial charge in [-0.05, 0) is 55.7 Å². The van der Waals surface area contributed by atoms with Crippen LogP contribution < -0.4 is 10.1 Å². The van der Waals surface area contributed by atoms with Crippen molar-refractivity contribution in [3.63, 3.8) is 0 Å². The predicted octanol–water partition coefficient (Wildman–Crippen LogP) is 4.17. The van der Waals surface area contributed by atoms with E-state index < -0.39 is 0 Å². The van der Waals surface area contributed by atoms with E-state index in [0.717, 1.165) is 59.2 Å². The summed E-state index contributed by atoms with van der Waals surface area (Å²) < 4.78 is 11.3. The minimum absolute atomic E-state index is 0.245. The van der Waals surface area contributed by atoms with Gasteiger partial charge in [-0.25, -0.2) is 0 Å². The van der Waals surface area contributed by atoms with E-state index in [1.165, 1.54) is 0 Å². The van der Waals surface area contributed by atoms with Crippen LogP contribution in [0.25, 0.3) is 22.3 Å². The van der Waals surface area contributed by atoms with Crippen LogP contribution in [0.2, 0.25) is 0 Å². The summed E-state index contributed by atoms with van der Waals surface area (Å²) in [5.74, 6) is 1.61.